The number of amides is 1. The minimum Gasteiger partial charge on any atom is -0.358 e. The van der Waals surface area contributed by atoms with Gasteiger partial charge in [0.05, 0.1) is 10.6 Å². The van der Waals surface area contributed by atoms with E-state index < -0.39 is 12.2 Å². The highest BCUT2D eigenvalue weighted by molar-refractivity contribution is 6.33. The normalized spacial score (nSPS) is 19.0. The molecule has 0 saturated heterocycles. The Balaban J connectivity index is 1.41. The van der Waals surface area contributed by atoms with Crippen LogP contribution in [0, 0.1) is 5.82 Å². The predicted octanol–water partition coefficient (Wildman–Crippen LogP) is 5.24. The summed E-state index contributed by atoms with van der Waals surface area (Å²) in [7, 11) is 1.94. The van der Waals surface area contributed by atoms with Crippen molar-refractivity contribution >= 4 is 29.0 Å². The van der Waals surface area contributed by atoms with Gasteiger partial charge in [0.15, 0.2) is 0 Å². The number of pyridine rings is 1. The number of hydrogen-bond donors (Lipinski definition) is 1. The fraction of sp³-hybridized carbons (Fsp3) is 0.364. The summed E-state index contributed by atoms with van der Waals surface area (Å²) in [4.78, 5) is 18.6. The molecule has 0 unspecified atom stereocenters. The average molecular weight is 451 g/mol. The molecule has 2 aromatic heterocycles. The SMILES string of the molecule is CN(c1cccc2nc(C(F)F)cn12)C1CCC(NC(=O)c2ccc(F)cc2Cl)CC1. The Kier molecular flexibility index (Phi) is 6.09. The standard InChI is InChI=1S/C22H22ClF3N4O/c1-29(20-4-2-3-19-28-18(21(25)26)12-30(19)20)15-8-6-14(7-9-15)27-22(31)16-10-5-13(24)11-17(16)23/h2-5,10-12,14-15,21H,6-9H2,1H3,(H,27,31). The molecule has 31 heavy (non-hydrogen) atoms. The number of fused-ring (bicyclic) bond motifs is 1. The Morgan fingerprint density at radius 2 is 1.97 bits per heavy atom. The number of benzene rings is 1. The van der Waals surface area contributed by atoms with E-state index in [1.54, 1.807) is 10.5 Å². The minimum atomic E-state index is -2.62. The Bertz CT molecular complexity index is 1100. The second kappa shape index (κ2) is 8.78. The molecule has 1 amide bonds. The van der Waals surface area contributed by atoms with Crippen molar-refractivity contribution in [2.24, 2.45) is 0 Å². The number of carbonyl (C=O) groups excluding carboxylic acids is 1. The van der Waals surface area contributed by atoms with E-state index in [1.807, 2.05) is 19.2 Å². The fourth-order valence-electron chi connectivity index (χ4n) is 4.14. The van der Waals surface area contributed by atoms with E-state index in [1.165, 1.54) is 18.3 Å². The molecule has 0 bridgehead atoms. The molecule has 1 aromatic carbocycles. The number of aromatic nitrogens is 2. The van der Waals surface area contributed by atoms with Crippen LogP contribution in [0.2, 0.25) is 5.02 Å². The van der Waals surface area contributed by atoms with Crippen LogP contribution in [0.3, 0.4) is 0 Å². The van der Waals surface area contributed by atoms with Crippen LogP contribution in [0.4, 0.5) is 19.0 Å². The third-order valence-corrected chi connectivity index (χ3v) is 6.14. The van der Waals surface area contributed by atoms with Crippen LogP contribution in [0.15, 0.2) is 42.6 Å². The quantitative estimate of drug-likeness (QED) is 0.578. The molecule has 1 fully saturated rings. The monoisotopic (exact) mass is 450 g/mol. The molecule has 5 nitrogen and oxygen atoms in total. The van der Waals surface area contributed by atoms with Gasteiger partial charge in [-0.15, -0.1) is 0 Å². The van der Waals surface area contributed by atoms with E-state index in [-0.39, 0.29) is 34.3 Å². The van der Waals surface area contributed by atoms with Crippen LogP contribution < -0.4 is 10.2 Å². The summed E-state index contributed by atoms with van der Waals surface area (Å²) in [5.41, 5.74) is 0.493. The van der Waals surface area contributed by atoms with E-state index in [2.05, 4.69) is 15.2 Å². The Labute approximate surface area is 182 Å². The summed E-state index contributed by atoms with van der Waals surface area (Å²) in [6.45, 7) is 0. The van der Waals surface area contributed by atoms with Gasteiger partial charge in [-0.2, -0.15) is 0 Å². The fourth-order valence-corrected chi connectivity index (χ4v) is 4.39. The Morgan fingerprint density at radius 3 is 2.65 bits per heavy atom. The lowest BCUT2D eigenvalue weighted by Gasteiger charge is -2.36. The topological polar surface area (TPSA) is 49.6 Å². The van der Waals surface area contributed by atoms with Gasteiger partial charge in [-0.05, 0) is 56.0 Å². The zero-order valence-electron chi connectivity index (χ0n) is 16.9. The second-order valence-electron chi connectivity index (χ2n) is 7.79. The maximum atomic E-state index is 13.2. The molecule has 1 aliphatic rings. The molecule has 2 heterocycles. The van der Waals surface area contributed by atoms with Crippen LogP contribution in [-0.2, 0) is 0 Å². The summed E-state index contributed by atoms with van der Waals surface area (Å²) in [5, 5.41) is 3.06. The molecule has 1 N–H and O–H groups in total. The number of nitrogens with zero attached hydrogens (tertiary/aromatic N) is 3. The number of halogens is 4. The van der Waals surface area contributed by atoms with Crippen molar-refractivity contribution in [2.45, 2.75) is 44.2 Å². The molecule has 1 saturated carbocycles. The molecule has 1 aliphatic carbocycles. The predicted molar refractivity (Wildman–Crippen MR) is 113 cm³/mol. The third-order valence-electron chi connectivity index (χ3n) is 5.83. The molecule has 9 heteroatoms. The highest BCUT2D eigenvalue weighted by Crippen LogP contribution is 2.29. The number of nitrogens with one attached hydrogen (secondary N) is 1. The second-order valence-corrected chi connectivity index (χ2v) is 8.20. The van der Waals surface area contributed by atoms with Crippen molar-refractivity contribution in [2.75, 3.05) is 11.9 Å². The maximum absolute atomic E-state index is 13.2. The molecule has 0 radical (unpaired) electrons. The van der Waals surface area contributed by atoms with Gasteiger partial charge in [0.2, 0.25) is 0 Å². The maximum Gasteiger partial charge on any atom is 0.281 e. The van der Waals surface area contributed by atoms with E-state index in [9.17, 15) is 18.0 Å². The van der Waals surface area contributed by atoms with Crippen LogP contribution in [0.25, 0.3) is 5.65 Å². The van der Waals surface area contributed by atoms with Gasteiger partial charge < -0.3 is 10.2 Å². The summed E-state index contributed by atoms with van der Waals surface area (Å²) < 4.78 is 41.0. The van der Waals surface area contributed by atoms with Gasteiger partial charge >= 0.3 is 0 Å². The van der Waals surface area contributed by atoms with Crippen LogP contribution in [0.1, 0.15) is 48.2 Å². The molecule has 164 valence electrons. The third kappa shape index (κ3) is 4.49. The first-order chi connectivity index (χ1) is 14.8. The van der Waals surface area contributed by atoms with E-state index in [0.29, 0.717) is 5.65 Å². The molecule has 0 atom stereocenters. The first kappa shape index (κ1) is 21.5. The average Bonchev–Trinajstić information content (AvgIpc) is 3.18. The minimum absolute atomic E-state index is 0.00672. The molecular weight excluding hydrogens is 429 g/mol. The highest BCUT2D eigenvalue weighted by atomic mass is 35.5. The van der Waals surface area contributed by atoms with Gasteiger partial charge in [-0.1, -0.05) is 17.7 Å². The summed E-state index contributed by atoms with van der Waals surface area (Å²) in [6, 6.07) is 9.30. The van der Waals surface area contributed by atoms with Crippen molar-refractivity contribution in [1.82, 2.24) is 14.7 Å². The Hall–Kier alpha value is -2.74. The lowest BCUT2D eigenvalue weighted by molar-refractivity contribution is 0.0926. The summed E-state index contributed by atoms with van der Waals surface area (Å²) in [5.74, 6) is -0.00864. The van der Waals surface area contributed by atoms with E-state index in [0.717, 1.165) is 37.6 Å². The molecule has 3 aromatic rings. The van der Waals surface area contributed by atoms with Gasteiger partial charge in [0.1, 0.15) is 23.0 Å². The van der Waals surface area contributed by atoms with Crippen molar-refractivity contribution in [3.63, 3.8) is 0 Å². The van der Waals surface area contributed by atoms with Crippen molar-refractivity contribution in [1.29, 1.82) is 0 Å². The lowest BCUT2D eigenvalue weighted by atomic mass is 9.90. The van der Waals surface area contributed by atoms with Crippen molar-refractivity contribution in [3.05, 3.63) is 64.7 Å². The number of alkyl halides is 2. The van der Waals surface area contributed by atoms with Crippen molar-refractivity contribution in [3.8, 4) is 0 Å². The van der Waals surface area contributed by atoms with Crippen LogP contribution in [-0.4, -0.2) is 34.4 Å². The molecular formula is C22H22ClF3N4O. The Morgan fingerprint density at radius 1 is 1.23 bits per heavy atom. The van der Waals surface area contributed by atoms with Gasteiger partial charge in [0.25, 0.3) is 12.3 Å². The molecule has 0 aliphatic heterocycles. The lowest BCUT2D eigenvalue weighted by Crippen LogP contribution is -2.43. The highest BCUT2D eigenvalue weighted by Gasteiger charge is 2.27. The zero-order valence-corrected chi connectivity index (χ0v) is 17.6. The number of anilines is 1. The van der Waals surface area contributed by atoms with Crippen molar-refractivity contribution < 1.29 is 18.0 Å². The molecule has 4 rings (SSSR count). The summed E-state index contributed by atoms with van der Waals surface area (Å²) >= 11 is 5.98. The van der Waals surface area contributed by atoms with Gasteiger partial charge in [-0.25, -0.2) is 18.2 Å². The number of carbonyl (C=O) groups is 1. The van der Waals surface area contributed by atoms with Crippen LogP contribution in [0.5, 0.6) is 0 Å². The smallest absolute Gasteiger partial charge is 0.281 e. The van der Waals surface area contributed by atoms with E-state index in [4.69, 9.17) is 11.6 Å². The van der Waals surface area contributed by atoms with E-state index >= 15 is 0 Å². The first-order valence-corrected chi connectivity index (χ1v) is 10.5. The molecule has 0 spiro atoms. The number of imidazole rings is 1. The summed E-state index contributed by atoms with van der Waals surface area (Å²) in [6.07, 6.45) is 1.94. The zero-order chi connectivity index (χ0) is 22.1. The largest absolute Gasteiger partial charge is 0.358 e. The first-order valence-electron chi connectivity index (χ1n) is 10.1. The van der Waals surface area contributed by atoms with Gasteiger partial charge in [0, 0.05) is 25.3 Å². The van der Waals surface area contributed by atoms with Gasteiger partial charge in [-0.3, -0.25) is 9.20 Å². The number of rotatable bonds is 5. The van der Waals surface area contributed by atoms with Crippen LogP contribution >= 0.6 is 11.6 Å². The number of hydrogen-bond acceptors (Lipinski definition) is 3.